The molecule has 32 heavy (non-hydrogen) atoms. The summed E-state index contributed by atoms with van der Waals surface area (Å²) in [7, 11) is 0. The van der Waals surface area contributed by atoms with E-state index in [2.05, 4.69) is 55.3 Å². The van der Waals surface area contributed by atoms with Crippen molar-refractivity contribution in [3.05, 3.63) is 59.7 Å². The molecule has 2 aliphatic carbocycles. The van der Waals surface area contributed by atoms with Gasteiger partial charge in [0.1, 0.15) is 6.61 Å². The van der Waals surface area contributed by atoms with Gasteiger partial charge in [-0.3, -0.25) is 4.90 Å². The van der Waals surface area contributed by atoms with Gasteiger partial charge in [-0.1, -0.05) is 69.3 Å². The van der Waals surface area contributed by atoms with E-state index in [-0.39, 0.29) is 17.4 Å². The Hall–Kier alpha value is -2.37. The van der Waals surface area contributed by atoms with Crippen LogP contribution in [0.4, 0.5) is 4.79 Å². The van der Waals surface area contributed by atoms with E-state index in [4.69, 9.17) is 4.74 Å². The number of likely N-dealkylation sites (tertiary alicyclic amines) is 1. The van der Waals surface area contributed by atoms with Gasteiger partial charge in [-0.25, -0.2) is 4.79 Å². The summed E-state index contributed by atoms with van der Waals surface area (Å²) in [5, 5.41) is 13.7. The number of aliphatic hydroxyl groups is 1. The van der Waals surface area contributed by atoms with E-state index in [1.54, 1.807) is 0 Å². The highest BCUT2D eigenvalue weighted by Crippen LogP contribution is 2.53. The van der Waals surface area contributed by atoms with Gasteiger partial charge in [0.2, 0.25) is 0 Å². The number of benzene rings is 2. The van der Waals surface area contributed by atoms with Crippen LogP contribution in [0, 0.1) is 11.3 Å². The highest BCUT2D eigenvalue weighted by Gasteiger charge is 2.59. The van der Waals surface area contributed by atoms with Crippen LogP contribution in [0.5, 0.6) is 0 Å². The highest BCUT2D eigenvalue weighted by atomic mass is 16.5. The molecule has 3 aliphatic rings. The Morgan fingerprint density at radius 3 is 2.34 bits per heavy atom. The summed E-state index contributed by atoms with van der Waals surface area (Å²) in [6, 6.07) is 16.9. The summed E-state index contributed by atoms with van der Waals surface area (Å²) in [5.41, 5.74) is 4.95. The summed E-state index contributed by atoms with van der Waals surface area (Å²) < 4.78 is 5.71. The van der Waals surface area contributed by atoms with Crippen molar-refractivity contribution in [2.75, 3.05) is 19.7 Å². The van der Waals surface area contributed by atoms with Crippen LogP contribution in [0.25, 0.3) is 11.1 Å². The molecule has 0 aromatic heterocycles. The topological polar surface area (TPSA) is 61.8 Å². The second kappa shape index (κ2) is 8.20. The van der Waals surface area contributed by atoms with E-state index in [1.165, 1.54) is 22.3 Å². The molecule has 0 bridgehead atoms. The first-order valence-corrected chi connectivity index (χ1v) is 12.0. The third-order valence-electron chi connectivity index (χ3n) is 7.93. The molecule has 1 spiro atoms. The van der Waals surface area contributed by atoms with Gasteiger partial charge in [0.15, 0.2) is 0 Å². The fourth-order valence-corrected chi connectivity index (χ4v) is 6.83. The van der Waals surface area contributed by atoms with Crippen molar-refractivity contribution >= 4 is 6.09 Å². The number of hydrogen-bond acceptors (Lipinski definition) is 4. The molecule has 5 rings (SSSR count). The molecule has 1 saturated carbocycles. The van der Waals surface area contributed by atoms with Gasteiger partial charge in [-0.05, 0) is 47.6 Å². The maximum atomic E-state index is 12.7. The molecule has 5 nitrogen and oxygen atoms in total. The van der Waals surface area contributed by atoms with E-state index >= 15 is 0 Å². The van der Waals surface area contributed by atoms with Crippen molar-refractivity contribution in [2.24, 2.45) is 11.3 Å². The molecule has 1 aliphatic heterocycles. The minimum atomic E-state index is -0.518. The molecule has 170 valence electrons. The van der Waals surface area contributed by atoms with Crippen molar-refractivity contribution in [3.63, 3.8) is 0 Å². The number of rotatable bonds is 5. The van der Waals surface area contributed by atoms with Crippen LogP contribution in [0.2, 0.25) is 0 Å². The van der Waals surface area contributed by atoms with Crippen molar-refractivity contribution in [1.29, 1.82) is 0 Å². The van der Waals surface area contributed by atoms with Gasteiger partial charge in [0.25, 0.3) is 0 Å². The number of carbonyl (C=O) groups is 1. The highest BCUT2D eigenvalue weighted by molar-refractivity contribution is 5.79. The van der Waals surface area contributed by atoms with Gasteiger partial charge >= 0.3 is 6.09 Å². The molecule has 1 heterocycles. The third kappa shape index (κ3) is 3.43. The molecule has 2 fully saturated rings. The fourth-order valence-electron chi connectivity index (χ4n) is 6.83. The first kappa shape index (κ1) is 21.5. The van der Waals surface area contributed by atoms with Crippen molar-refractivity contribution in [2.45, 2.75) is 57.7 Å². The Morgan fingerprint density at radius 2 is 1.75 bits per heavy atom. The Morgan fingerprint density at radius 1 is 1.12 bits per heavy atom. The Kier molecular flexibility index (Phi) is 5.50. The summed E-state index contributed by atoms with van der Waals surface area (Å²) in [6.07, 6.45) is 0.620. The molecule has 1 saturated heterocycles. The third-order valence-corrected chi connectivity index (χ3v) is 7.93. The van der Waals surface area contributed by atoms with Crippen LogP contribution in [-0.2, 0) is 4.74 Å². The maximum Gasteiger partial charge on any atom is 0.407 e. The standard InChI is InChI=1S/C27H34N2O3/c1-4-29-16-27(25(29)17(2)3)13-23(24(30)14-27)28-26(31)32-15-22-20-11-7-5-9-18(20)19-10-6-8-12-21(19)22/h5-12,17,22-25,30H,4,13-16H2,1-3H3,(H,28,31)/t23-,24-,25?,27?/m1/s1. The minimum Gasteiger partial charge on any atom is -0.449 e. The number of alkyl carbamates (subject to hydrolysis) is 1. The lowest BCUT2D eigenvalue weighted by Crippen LogP contribution is -2.65. The first-order valence-electron chi connectivity index (χ1n) is 12.0. The predicted octanol–water partition coefficient (Wildman–Crippen LogP) is 4.39. The van der Waals surface area contributed by atoms with Gasteiger partial charge in [0, 0.05) is 23.9 Å². The van der Waals surface area contributed by atoms with E-state index < -0.39 is 12.2 Å². The monoisotopic (exact) mass is 434 g/mol. The first-order chi connectivity index (χ1) is 15.4. The molecule has 2 N–H and O–H groups in total. The van der Waals surface area contributed by atoms with Gasteiger partial charge in [0.05, 0.1) is 12.1 Å². The Bertz CT molecular complexity index is 960. The maximum absolute atomic E-state index is 12.7. The van der Waals surface area contributed by atoms with Crippen LogP contribution in [-0.4, -0.2) is 54.0 Å². The molecule has 5 heteroatoms. The van der Waals surface area contributed by atoms with Crippen molar-refractivity contribution in [1.82, 2.24) is 10.2 Å². The molecule has 2 aromatic rings. The number of nitrogens with zero attached hydrogens (tertiary/aromatic N) is 1. The van der Waals surface area contributed by atoms with Crippen molar-refractivity contribution < 1.29 is 14.6 Å². The zero-order valence-electron chi connectivity index (χ0n) is 19.3. The second-order valence-corrected chi connectivity index (χ2v) is 10.2. The number of amides is 1. The van der Waals surface area contributed by atoms with Gasteiger partial charge in [-0.15, -0.1) is 0 Å². The average Bonchev–Trinajstić information content (AvgIpc) is 3.26. The minimum absolute atomic E-state index is 0.0445. The van der Waals surface area contributed by atoms with Crippen LogP contribution in [0.1, 0.15) is 50.7 Å². The van der Waals surface area contributed by atoms with Gasteiger partial charge in [-0.2, -0.15) is 0 Å². The number of ether oxygens (including phenoxy) is 1. The SMILES string of the molecule is CCN1CC2(C[C@@H](O)[C@H](NC(=O)OCC3c4ccccc4-c4ccccc43)C2)C1C(C)C. The lowest BCUT2D eigenvalue weighted by molar-refractivity contribution is -0.0963. The molecule has 4 atom stereocenters. The van der Waals surface area contributed by atoms with Crippen LogP contribution in [0.15, 0.2) is 48.5 Å². The van der Waals surface area contributed by atoms with E-state index in [9.17, 15) is 9.90 Å². The Balaban J connectivity index is 1.23. The molecular weight excluding hydrogens is 400 g/mol. The van der Waals surface area contributed by atoms with E-state index in [0.29, 0.717) is 18.6 Å². The number of fused-ring (bicyclic) bond motifs is 3. The lowest BCUT2D eigenvalue weighted by atomic mass is 9.65. The zero-order chi connectivity index (χ0) is 22.5. The Labute approximate surface area is 190 Å². The van der Waals surface area contributed by atoms with E-state index in [1.807, 2.05) is 24.3 Å². The van der Waals surface area contributed by atoms with Crippen LogP contribution >= 0.6 is 0 Å². The quantitative estimate of drug-likeness (QED) is 0.733. The molecule has 2 unspecified atom stereocenters. The normalized spacial score (nSPS) is 29.1. The molecule has 1 amide bonds. The number of carbonyl (C=O) groups excluding carboxylic acids is 1. The number of nitrogens with one attached hydrogen (secondary N) is 1. The lowest BCUT2D eigenvalue weighted by Gasteiger charge is -2.58. The summed E-state index contributed by atoms with van der Waals surface area (Å²) >= 11 is 0. The second-order valence-electron chi connectivity index (χ2n) is 10.2. The van der Waals surface area contributed by atoms with Crippen molar-refractivity contribution in [3.8, 4) is 11.1 Å². The zero-order valence-corrected chi connectivity index (χ0v) is 19.3. The fraction of sp³-hybridized carbons (Fsp3) is 0.519. The summed E-state index contributed by atoms with van der Waals surface area (Å²) in [6.45, 7) is 9.05. The smallest absolute Gasteiger partial charge is 0.407 e. The molecule has 0 radical (unpaired) electrons. The number of aliphatic hydroxyl groups excluding tert-OH is 1. The van der Waals surface area contributed by atoms with Crippen LogP contribution in [0.3, 0.4) is 0 Å². The largest absolute Gasteiger partial charge is 0.449 e. The number of hydrogen-bond donors (Lipinski definition) is 2. The van der Waals surface area contributed by atoms with Gasteiger partial charge < -0.3 is 15.2 Å². The summed E-state index contributed by atoms with van der Waals surface area (Å²) in [5.74, 6) is 0.576. The van der Waals surface area contributed by atoms with E-state index in [0.717, 1.165) is 25.9 Å². The molecule has 2 aromatic carbocycles. The molecular formula is C27H34N2O3. The summed E-state index contributed by atoms with van der Waals surface area (Å²) in [4.78, 5) is 15.2. The predicted molar refractivity (Wildman–Crippen MR) is 126 cm³/mol. The van der Waals surface area contributed by atoms with Crippen LogP contribution < -0.4 is 5.32 Å². The average molecular weight is 435 g/mol.